The van der Waals surface area contributed by atoms with Crippen LogP contribution in [0, 0.1) is 0 Å². The Hall–Kier alpha value is -3.71. The number of rotatable bonds is 7. The van der Waals surface area contributed by atoms with Crippen LogP contribution in [-0.4, -0.2) is 72.7 Å². The van der Waals surface area contributed by atoms with E-state index in [0.717, 1.165) is 11.1 Å². The fourth-order valence-corrected chi connectivity index (χ4v) is 3.65. The maximum absolute atomic E-state index is 12.1. The van der Waals surface area contributed by atoms with Crippen LogP contribution in [-0.2, 0) is 32.1 Å². The minimum Gasteiger partial charge on any atom is -0.481 e. The molecule has 194 valence electrons. The molecule has 3 amide bonds. The van der Waals surface area contributed by atoms with E-state index in [1.165, 1.54) is 13.0 Å². The van der Waals surface area contributed by atoms with Crippen molar-refractivity contribution < 1.29 is 43.6 Å². The van der Waals surface area contributed by atoms with Gasteiger partial charge in [0, 0.05) is 24.7 Å². The molecule has 0 aliphatic carbocycles. The maximum Gasteiger partial charge on any atom is 0.491 e. The van der Waals surface area contributed by atoms with Crippen LogP contribution in [0.5, 0.6) is 0 Å². The van der Waals surface area contributed by atoms with Gasteiger partial charge in [-0.3, -0.25) is 19.2 Å². The molecule has 37 heavy (non-hydrogen) atoms. The van der Waals surface area contributed by atoms with Crippen molar-refractivity contribution in [2.24, 2.45) is 0 Å². The van der Waals surface area contributed by atoms with Gasteiger partial charge in [-0.25, -0.2) is 0 Å². The van der Waals surface area contributed by atoms with E-state index in [0.29, 0.717) is 35.3 Å². The van der Waals surface area contributed by atoms with Gasteiger partial charge >= 0.3 is 20.2 Å². The van der Waals surface area contributed by atoms with Gasteiger partial charge in [-0.15, -0.1) is 0 Å². The lowest BCUT2D eigenvalue weighted by molar-refractivity contribution is -0.137. The molecule has 4 rings (SSSR count). The van der Waals surface area contributed by atoms with Crippen molar-refractivity contribution in [3.63, 3.8) is 0 Å². The van der Waals surface area contributed by atoms with Crippen LogP contribution in [0.2, 0.25) is 0 Å². The van der Waals surface area contributed by atoms with Gasteiger partial charge in [-0.05, 0) is 53.2 Å². The summed E-state index contributed by atoms with van der Waals surface area (Å²) in [5.74, 6) is -2.11. The number of fused-ring (bicyclic) bond motifs is 2. The van der Waals surface area contributed by atoms with Crippen molar-refractivity contribution in [3.05, 3.63) is 58.7 Å². The SMILES string of the molecule is CC(NC(=O)c1ccc2c(c1)B(O)OC2)C(=O)NCCC(=O)O.CNC(=O)c1ccc2c(c1)B(O)OC2. The molecule has 0 aromatic heterocycles. The first-order valence-electron chi connectivity index (χ1n) is 11.5. The summed E-state index contributed by atoms with van der Waals surface area (Å²) in [6.45, 7) is 2.20. The third kappa shape index (κ3) is 7.17. The first kappa shape index (κ1) is 27.9. The summed E-state index contributed by atoms with van der Waals surface area (Å²) in [5.41, 5.74) is 3.82. The Morgan fingerprint density at radius 3 is 1.92 bits per heavy atom. The second-order valence-electron chi connectivity index (χ2n) is 8.36. The summed E-state index contributed by atoms with van der Waals surface area (Å²) < 4.78 is 10.1. The number of aliphatic carboxylic acids is 1. The van der Waals surface area contributed by atoms with Gasteiger partial charge in [-0.2, -0.15) is 0 Å². The summed E-state index contributed by atoms with van der Waals surface area (Å²) in [6.07, 6.45) is -0.185. The quantitative estimate of drug-likeness (QED) is 0.226. The number of carboxylic acid groups (broad SMARTS) is 1. The smallest absolute Gasteiger partial charge is 0.481 e. The topological polar surface area (TPSA) is 184 Å². The molecule has 6 N–H and O–H groups in total. The number of hydrogen-bond acceptors (Lipinski definition) is 8. The molecule has 0 saturated carbocycles. The molecule has 0 radical (unpaired) electrons. The number of carbonyl (C=O) groups excluding carboxylic acids is 3. The molecule has 2 aliphatic heterocycles. The Morgan fingerprint density at radius 1 is 0.919 bits per heavy atom. The third-order valence-electron chi connectivity index (χ3n) is 5.75. The average Bonchev–Trinajstić information content (AvgIpc) is 3.45. The van der Waals surface area contributed by atoms with Gasteiger partial charge < -0.3 is 40.4 Å². The number of carboxylic acids is 1. The van der Waals surface area contributed by atoms with Gasteiger partial charge in [0.2, 0.25) is 5.91 Å². The highest BCUT2D eigenvalue weighted by molar-refractivity contribution is 6.62. The van der Waals surface area contributed by atoms with Gasteiger partial charge in [0.25, 0.3) is 11.8 Å². The molecule has 0 spiro atoms. The zero-order valence-corrected chi connectivity index (χ0v) is 20.3. The number of amides is 3. The zero-order valence-electron chi connectivity index (χ0n) is 20.3. The van der Waals surface area contributed by atoms with E-state index in [1.54, 1.807) is 37.4 Å². The van der Waals surface area contributed by atoms with Crippen molar-refractivity contribution in [1.82, 2.24) is 16.0 Å². The fourth-order valence-electron chi connectivity index (χ4n) is 3.65. The molecular weight excluding hydrogens is 484 g/mol. The molecule has 0 saturated heterocycles. The molecule has 0 fully saturated rings. The molecule has 1 unspecified atom stereocenters. The molecule has 1 atom stereocenters. The van der Waals surface area contributed by atoms with Crippen molar-refractivity contribution in [3.8, 4) is 0 Å². The second kappa shape index (κ2) is 12.5. The minimum atomic E-state index is -1.05. The third-order valence-corrected chi connectivity index (χ3v) is 5.75. The number of carbonyl (C=O) groups is 4. The van der Waals surface area contributed by atoms with Crippen LogP contribution in [0.4, 0.5) is 0 Å². The Bertz CT molecular complexity index is 1190. The highest BCUT2D eigenvalue weighted by Gasteiger charge is 2.29. The van der Waals surface area contributed by atoms with Crippen molar-refractivity contribution in [2.45, 2.75) is 32.6 Å². The van der Waals surface area contributed by atoms with Crippen LogP contribution in [0.1, 0.15) is 45.2 Å². The Kier molecular flexibility index (Phi) is 9.42. The van der Waals surface area contributed by atoms with E-state index in [1.807, 2.05) is 0 Å². The van der Waals surface area contributed by atoms with Crippen molar-refractivity contribution in [2.75, 3.05) is 13.6 Å². The normalized spacial score (nSPS) is 14.1. The minimum absolute atomic E-state index is 0.00322. The van der Waals surface area contributed by atoms with Gasteiger partial charge in [0.05, 0.1) is 19.6 Å². The average molecular weight is 511 g/mol. The lowest BCUT2D eigenvalue weighted by Gasteiger charge is -2.14. The van der Waals surface area contributed by atoms with Crippen LogP contribution in [0.25, 0.3) is 0 Å². The van der Waals surface area contributed by atoms with E-state index in [4.69, 9.17) is 14.4 Å². The molecule has 0 bridgehead atoms. The fraction of sp³-hybridized carbons (Fsp3) is 0.304. The summed E-state index contributed by atoms with van der Waals surface area (Å²) in [6, 6.07) is 9.17. The molecule has 2 aromatic carbocycles. The van der Waals surface area contributed by atoms with Crippen LogP contribution in [0.15, 0.2) is 36.4 Å². The first-order chi connectivity index (χ1) is 17.6. The van der Waals surface area contributed by atoms with E-state index in [2.05, 4.69) is 16.0 Å². The maximum atomic E-state index is 12.1. The number of benzene rings is 2. The van der Waals surface area contributed by atoms with Crippen LogP contribution in [0.3, 0.4) is 0 Å². The van der Waals surface area contributed by atoms with Crippen molar-refractivity contribution >= 4 is 48.9 Å². The predicted molar refractivity (Wildman–Crippen MR) is 133 cm³/mol. The highest BCUT2D eigenvalue weighted by Crippen LogP contribution is 2.12. The number of nitrogens with one attached hydrogen (secondary N) is 3. The first-order valence-corrected chi connectivity index (χ1v) is 11.5. The highest BCUT2D eigenvalue weighted by atomic mass is 16.5. The molecule has 12 nitrogen and oxygen atoms in total. The van der Waals surface area contributed by atoms with Crippen molar-refractivity contribution in [1.29, 1.82) is 0 Å². The molecule has 2 aromatic rings. The van der Waals surface area contributed by atoms with Gasteiger partial charge in [0.1, 0.15) is 6.04 Å². The predicted octanol–water partition coefficient (Wildman–Crippen LogP) is -2.12. The second-order valence-corrected chi connectivity index (χ2v) is 8.36. The molecular formula is C23H27B2N3O9. The summed E-state index contributed by atoms with van der Waals surface area (Å²) in [4.78, 5) is 45.6. The summed E-state index contributed by atoms with van der Waals surface area (Å²) in [7, 11) is -0.369. The Labute approximate surface area is 213 Å². The van der Waals surface area contributed by atoms with E-state index < -0.39 is 38.1 Å². The lowest BCUT2D eigenvalue weighted by atomic mass is 9.79. The van der Waals surface area contributed by atoms with Crippen LogP contribution < -0.4 is 26.9 Å². The van der Waals surface area contributed by atoms with E-state index in [9.17, 15) is 29.2 Å². The monoisotopic (exact) mass is 511 g/mol. The Morgan fingerprint density at radius 2 is 1.43 bits per heavy atom. The van der Waals surface area contributed by atoms with E-state index >= 15 is 0 Å². The van der Waals surface area contributed by atoms with Gasteiger partial charge in [0.15, 0.2) is 0 Å². The summed E-state index contributed by atoms with van der Waals surface area (Å²) in [5, 5.41) is 35.0. The van der Waals surface area contributed by atoms with Crippen LogP contribution >= 0.6 is 0 Å². The standard InChI is InChI=1S/C14H17BN2O6.C9H10BNO3/c1-8(13(20)16-5-4-12(18)19)17-14(21)9-2-3-10-7-23-15(22)11(10)6-9;1-11-9(12)6-2-3-7-5-14-10(13)8(7)4-6/h2-3,6,8,22H,4-5,7H2,1H3,(H,16,20)(H,17,21)(H,18,19);2-4,13H,5H2,1H3,(H,11,12). The Balaban J connectivity index is 0.000000231. The van der Waals surface area contributed by atoms with E-state index in [-0.39, 0.29) is 18.9 Å². The largest absolute Gasteiger partial charge is 0.491 e. The zero-order chi connectivity index (χ0) is 27.1. The molecule has 14 heteroatoms. The number of hydrogen-bond donors (Lipinski definition) is 6. The van der Waals surface area contributed by atoms with Gasteiger partial charge in [-0.1, -0.05) is 12.1 Å². The summed E-state index contributed by atoms with van der Waals surface area (Å²) >= 11 is 0. The molecule has 2 aliphatic rings. The lowest BCUT2D eigenvalue weighted by Crippen LogP contribution is -2.45. The molecule has 2 heterocycles.